The first-order valence-electron chi connectivity index (χ1n) is 6.98. The monoisotopic (exact) mass is 318 g/mol. The molecule has 110 valence electrons. The van der Waals surface area contributed by atoms with Gasteiger partial charge in [0.1, 0.15) is 0 Å². The van der Waals surface area contributed by atoms with Gasteiger partial charge in [-0.1, -0.05) is 54.4 Å². The van der Waals surface area contributed by atoms with Crippen LogP contribution < -0.4 is 10.6 Å². The summed E-state index contributed by atoms with van der Waals surface area (Å²) in [5, 5.41) is 7.80. The first-order chi connectivity index (χ1) is 10.1. The molecule has 0 saturated heterocycles. The van der Waals surface area contributed by atoms with E-state index in [1.165, 1.54) is 11.1 Å². The SMILES string of the molecule is CCC(NC(=S)Nc1cccc(Cl)c1)c1ccc(C)cc1. The van der Waals surface area contributed by atoms with Crippen molar-refractivity contribution in [3.63, 3.8) is 0 Å². The van der Waals surface area contributed by atoms with Gasteiger partial charge < -0.3 is 10.6 Å². The van der Waals surface area contributed by atoms with Gasteiger partial charge in [0.15, 0.2) is 5.11 Å². The molecule has 1 unspecified atom stereocenters. The van der Waals surface area contributed by atoms with Crippen LogP contribution in [0, 0.1) is 6.92 Å². The van der Waals surface area contributed by atoms with Gasteiger partial charge in [-0.3, -0.25) is 0 Å². The average Bonchev–Trinajstić information content (AvgIpc) is 2.46. The van der Waals surface area contributed by atoms with Crippen molar-refractivity contribution in [2.45, 2.75) is 26.3 Å². The summed E-state index contributed by atoms with van der Waals surface area (Å²) in [5.41, 5.74) is 3.38. The molecule has 0 radical (unpaired) electrons. The van der Waals surface area contributed by atoms with Crippen LogP contribution in [0.5, 0.6) is 0 Å². The second-order valence-corrected chi connectivity index (χ2v) is 5.83. The largest absolute Gasteiger partial charge is 0.356 e. The molecule has 1 atom stereocenters. The topological polar surface area (TPSA) is 24.1 Å². The van der Waals surface area contributed by atoms with Gasteiger partial charge in [0.2, 0.25) is 0 Å². The third kappa shape index (κ3) is 4.73. The van der Waals surface area contributed by atoms with E-state index in [1.54, 1.807) is 0 Å². The Morgan fingerprint density at radius 2 is 1.90 bits per heavy atom. The number of rotatable bonds is 4. The molecule has 0 aliphatic carbocycles. The number of anilines is 1. The number of halogens is 1. The summed E-state index contributed by atoms with van der Waals surface area (Å²) in [6.07, 6.45) is 0.959. The fourth-order valence-corrected chi connectivity index (χ4v) is 2.56. The highest BCUT2D eigenvalue weighted by Crippen LogP contribution is 2.18. The minimum atomic E-state index is 0.199. The first kappa shape index (κ1) is 15.8. The molecule has 2 aromatic carbocycles. The van der Waals surface area contributed by atoms with E-state index in [4.69, 9.17) is 23.8 Å². The molecule has 2 rings (SSSR count). The minimum absolute atomic E-state index is 0.199. The van der Waals surface area contributed by atoms with E-state index in [1.807, 2.05) is 24.3 Å². The highest BCUT2D eigenvalue weighted by molar-refractivity contribution is 7.80. The van der Waals surface area contributed by atoms with Crippen molar-refractivity contribution < 1.29 is 0 Å². The molecule has 0 amide bonds. The third-order valence-corrected chi connectivity index (χ3v) is 3.73. The minimum Gasteiger partial charge on any atom is -0.356 e. The lowest BCUT2D eigenvalue weighted by atomic mass is 10.0. The second-order valence-electron chi connectivity index (χ2n) is 4.98. The molecule has 0 fully saturated rings. The van der Waals surface area contributed by atoms with Crippen molar-refractivity contribution in [3.8, 4) is 0 Å². The molecular formula is C17H19ClN2S. The van der Waals surface area contributed by atoms with Crippen molar-refractivity contribution in [3.05, 3.63) is 64.7 Å². The van der Waals surface area contributed by atoms with Gasteiger partial charge in [0.25, 0.3) is 0 Å². The van der Waals surface area contributed by atoms with Crippen LogP contribution in [-0.4, -0.2) is 5.11 Å². The molecular weight excluding hydrogens is 300 g/mol. The van der Waals surface area contributed by atoms with Crippen LogP contribution in [0.3, 0.4) is 0 Å². The molecule has 0 heterocycles. The van der Waals surface area contributed by atoms with E-state index in [0.29, 0.717) is 10.1 Å². The normalized spacial score (nSPS) is 11.8. The summed E-state index contributed by atoms with van der Waals surface area (Å²) >= 11 is 11.4. The predicted molar refractivity (Wildman–Crippen MR) is 95.0 cm³/mol. The van der Waals surface area contributed by atoms with Crippen molar-refractivity contribution in [1.82, 2.24) is 5.32 Å². The lowest BCUT2D eigenvalue weighted by Gasteiger charge is -2.20. The lowest BCUT2D eigenvalue weighted by molar-refractivity contribution is 0.629. The molecule has 2 nitrogen and oxygen atoms in total. The zero-order valence-corrected chi connectivity index (χ0v) is 13.8. The Labute approximate surface area is 136 Å². The first-order valence-corrected chi connectivity index (χ1v) is 7.76. The van der Waals surface area contributed by atoms with Crippen molar-refractivity contribution in [1.29, 1.82) is 0 Å². The Kier molecular flexibility index (Phi) is 5.59. The molecule has 0 aliphatic heterocycles. The van der Waals surface area contributed by atoms with Gasteiger partial charge in [-0.05, 0) is 49.3 Å². The van der Waals surface area contributed by atoms with Gasteiger partial charge in [0, 0.05) is 10.7 Å². The van der Waals surface area contributed by atoms with Crippen LogP contribution in [0.2, 0.25) is 5.02 Å². The molecule has 21 heavy (non-hydrogen) atoms. The Balaban J connectivity index is 2.01. The van der Waals surface area contributed by atoms with Gasteiger partial charge in [-0.2, -0.15) is 0 Å². The van der Waals surface area contributed by atoms with Crippen molar-refractivity contribution >= 4 is 34.6 Å². The van der Waals surface area contributed by atoms with Crippen LogP contribution in [0.15, 0.2) is 48.5 Å². The maximum Gasteiger partial charge on any atom is 0.171 e. The highest BCUT2D eigenvalue weighted by atomic mass is 35.5. The second kappa shape index (κ2) is 7.43. The van der Waals surface area contributed by atoms with E-state index in [9.17, 15) is 0 Å². The smallest absolute Gasteiger partial charge is 0.171 e. The van der Waals surface area contributed by atoms with Crippen LogP contribution in [0.25, 0.3) is 0 Å². The van der Waals surface area contributed by atoms with Gasteiger partial charge >= 0.3 is 0 Å². The summed E-state index contributed by atoms with van der Waals surface area (Å²) in [4.78, 5) is 0. The molecule has 0 aromatic heterocycles. The lowest BCUT2D eigenvalue weighted by Crippen LogP contribution is -2.32. The zero-order valence-electron chi connectivity index (χ0n) is 12.2. The molecule has 0 aliphatic rings. The number of benzene rings is 2. The summed E-state index contributed by atoms with van der Waals surface area (Å²) < 4.78 is 0. The predicted octanol–water partition coefficient (Wildman–Crippen LogP) is 5.09. The molecule has 4 heteroatoms. The number of hydrogen-bond donors (Lipinski definition) is 2. The molecule has 2 N–H and O–H groups in total. The number of thiocarbonyl (C=S) groups is 1. The Hall–Kier alpha value is -1.58. The number of aryl methyl sites for hydroxylation is 1. The van der Waals surface area contributed by atoms with Gasteiger partial charge in [0.05, 0.1) is 6.04 Å². The Bertz CT molecular complexity index is 610. The van der Waals surface area contributed by atoms with E-state index in [0.717, 1.165) is 12.1 Å². The molecule has 0 saturated carbocycles. The summed E-state index contributed by atoms with van der Waals surface area (Å²) in [6.45, 7) is 4.23. The fraction of sp³-hybridized carbons (Fsp3) is 0.235. The standard InChI is InChI=1S/C17H19ClN2S/c1-3-16(13-9-7-12(2)8-10-13)20-17(21)19-15-6-4-5-14(18)11-15/h4-11,16H,3H2,1-2H3,(H2,19,20,21). The van der Waals surface area contributed by atoms with Crippen molar-refractivity contribution in [2.75, 3.05) is 5.32 Å². The molecule has 2 aromatic rings. The average molecular weight is 319 g/mol. The van der Waals surface area contributed by atoms with E-state index >= 15 is 0 Å². The maximum absolute atomic E-state index is 5.97. The molecule has 0 spiro atoms. The number of nitrogens with one attached hydrogen (secondary N) is 2. The van der Waals surface area contributed by atoms with E-state index in [-0.39, 0.29) is 6.04 Å². The third-order valence-electron chi connectivity index (χ3n) is 3.28. The Morgan fingerprint density at radius 3 is 2.52 bits per heavy atom. The maximum atomic E-state index is 5.97. The van der Waals surface area contributed by atoms with Crippen molar-refractivity contribution in [2.24, 2.45) is 0 Å². The summed E-state index contributed by atoms with van der Waals surface area (Å²) in [6, 6.07) is 16.2. The molecule has 0 bridgehead atoms. The quantitative estimate of drug-likeness (QED) is 0.768. The summed E-state index contributed by atoms with van der Waals surface area (Å²) in [7, 11) is 0. The fourth-order valence-electron chi connectivity index (χ4n) is 2.11. The summed E-state index contributed by atoms with van der Waals surface area (Å²) in [5.74, 6) is 0. The van der Waals surface area contributed by atoms with Gasteiger partial charge in [-0.25, -0.2) is 0 Å². The van der Waals surface area contributed by atoms with Crippen LogP contribution in [0.4, 0.5) is 5.69 Å². The van der Waals surface area contributed by atoms with E-state index in [2.05, 4.69) is 48.7 Å². The Morgan fingerprint density at radius 1 is 1.19 bits per heavy atom. The van der Waals surface area contributed by atoms with Gasteiger partial charge in [-0.15, -0.1) is 0 Å². The van der Waals surface area contributed by atoms with E-state index < -0.39 is 0 Å². The highest BCUT2D eigenvalue weighted by Gasteiger charge is 2.10. The van der Waals surface area contributed by atoms with Crippen LogP contribution in [0.1, 0.15) is 30.5 Å². The van der Waals surface area contributed by atoms with Crippen LogP contribution >= 0.6 is 23.8 Å². The number of hydrogen-bond acceptors (Lipinski definition) is 1. The zero-order chi connectivity index (χ0) is 15.2. The van der Waals surface area contributed by atoms with Crippen LogP contribution in [-0.2, 0) is 0 Å².